The van der Waals surface area contributed by atoms with Crippen LogP contribution < -0.4 is 0 Å². The lowest BCUT2D eigenvalue weighted by molar-refractivity contribution is -0.385. The first kappa shape index (κ1) is 14.1. The number of hydrogen-bond donors (Lipinski definition) is 0. The molecule has 4 nitrogen and oxygen atoms in total. The van der Waals surface area contributed by atoms with E-state index >= 15 is 0 Å². The van der Waals surface area contributed by atoms with Crippen molar-refractivity contribution in [2.45, 2.75) is 5.38 Å². The number of hydrogen-bond acceptors (Lipinski definition) is 3. The Labute approximate surface area is 119 Å². The number of carbonyl (C=O) groups is 1. The maximum Gasteiger partial charge on any atom is 0.280 e. The van der Waals surface area contributed by atoms with Gasteiger partial charge in [-0.15, -0.1) is 11.6 Å². The van der Waals surface area contributed by atoms with Crippen LogP contribution in [-0.2, 0) is 0 Å². The Morgan fingerprint density at radius 2 is 1.85 bits per heavy atom. The minimum Gasteiger partial charge on any atom is -0.292 e. The molecule has 1 unspecified atom stereocenters. The number of nitro benzene ring substituents is 1. The van der Waals surface area contributed by atoms with Crippen molar-refractivity contribution in [2.75, 3.05) is 0 Å². The van der Waals surface area contributed by atoms with E-state index in [4.69, 9.17) is 11.6 Å². The number of benzene rings is 2. The molecular weight excluding hydrogens is 285 g/mol. The van der Waals surface area contributed by atoms with Gasteiger partial charge in [-0.05, 0) is 17.7 Å². The molecule has 0 bridgehead atoms. The van der Waals surface area contributed by atoms with Gasteiger partial charge in [0.15, 0.2) is 5.78 Å². The van der Waals surface area contributed by atoms with Crippen molar-refractivity contribution in [3.05, 3.63) is 75.6 Å². The highest BCUT2D eigenvalue weighted by molar-refractivity contribution is 6.34. The van der Waals surface area contributed by atoms with Gasteiger partial charge in [0.2, 0.25) is 0 Å². The van der Waals surface area contributed by atoms with Crippen molar-refractivity contribution in [2.24, 2.45) is 0 Å². The van der Waals surface area contributed by atoms with E-state index in [1.54, 1.807) is 30.3 Å². The summed E-state index contributed by atoms with van der Waals surface area (Å²) in [5.74, 6) is -1.43. The van der Waals surface area contributed by atoms with Gasteiger partial charge in [0.1, 0.15) is 16.8 Å². The molecule has 0 spiro atoms. The van der Waals surface area contributed by atoms with E-state index in [-0.39, 0.29) is 5.56 Å². The molecule has 0 saturated carbocycles. The van der Waals surface area contributed by atoms with E-state index in [9.17, 15) is 19.3 Å². The normalized spacial score (nSPS) is 11.9. The van der Waals surface area contributed by atoms with Gasteiger partial charge >= 0.3 is 0 Å². The van der Waals surface area contributed by atoms with Gasteiger partial charge < -0.3 is 0 Å². The summed E-state index contributed by atoms with van der Waals surface area (Å²) in [6.45, 7) is 0. The molecule has 6 heteroatoms. The Balaban J connectivity index is 2.43. The molecule has 0 saturated heterocycles. The van der Waals surface area contributed by atoms with Crippen LogP contribution in [0.15, 0.2) is 48.5 Å². The second-order valence-corrected chi connectivity index (χ2v) is 4.49. The van der Waals surface area contributed by atoms with Gasteiger partial charge in [-0.25, -0.2) is 4.39 Å². The fourth-order valence-corrected chi connectivity index (χ4v) is 2.04. The molecule has 0 radical (unpaired) electrons. The van der Waals surface area contributed by atoms with Crippen LogP contribution in [0.4, 0.5) is 10.1 Å². The molecule has 0 amide bonds. The van der Waals surface area contributed by atoms with Crippen LogP contribution in [0.5, 0.6) is 0 Å². The van der Waals surface area contributed by atoms with Crippen molar-refractivity contribution in [1.29, 1.82) is 0 Å². The first-order valence-corrected chi connectivity index (χ1v) is 6.11. The molecule has 0 N–H and O–H groups in total. The lowest BCUT2D eigenvalue weighted by Crippen LogP contribution is -2.10. The van der Waals surface area contributed by atoms with E-state index in [1.165, 1.54) is 0 Å². The molecule has 0 fully saturated rings. The van der Waals surface area contributed by atoms with Crippen LogP contribution in [0.25, 0.3) is 0 Å². The molecule has 0 aliphatic rings. The number of ketones is 1. The Morgan fingerprint density at radius 1 is 1.20 bits per heavy atom. The standard InChI is InChI=1S/C14H9ClFNO3/c15-13(9-4-2-1-3-5-9)14(18)11-8-10(16)6-7-12(11)17(19)20/h1-8,13H. The van der Waals surface area contributed by atoms with Crippen molar-refractivity contribution in [1.82, 2.24) is 0 Å². The van der Waals surface area contributed by atoms with E-state index in [1.807, 2.05) is 0 Å². The maximum atomic E-state index is 13.2. The minimum atomic E-state index is -1.10. The lowest BCUT2D eigenvalue weighted by Gasteiger charge is -2.09. The molecule has 0 aliphatic heterocycles. The summed E-state index contributed by atoms with van der Waals surface area (Å²) in [6, 6.07) is 11.1. The van der Waals surface area contributed by atoms with Crippen molar-refractivity contribution < 1.29 is 14.1 Å². The predicted octanol–water partition coefficient (Wildman–Crippen LogP) is 3.90. The second kappa shape index (κ2) is 5.79. The number of carbonyl (C=O) groups excluding carboxylic acids is 1. The molecule has 0 heterocycles. The van der Waals surface area contributed by atoms with Gasteiger partial charge in [0.25, 0.3) is 5.69 Å². The van der Waals surface area contributed by atoms with Crippen molar-refractivity contribution >= 4 is 23.1 Å². The number of nitro groups is 1. The highest BCUT2D eigenvalue weighted by Gasteiger charge is 2.27. The second-order valence-electron chi connectivity index (χ2n) is 4.06. The number of Topliss-reactive ketones (excluding diaryl/α,β-unsaturated/α-hetero) is 1. The van der Waals surface area contributed by atoms with Gasteiger partial charge in [0, 0.05) is 6.07 Å². The van der Waals surface area contributed by atoms with Crippen LogP contribution >= 0.6 is 11.6 Å². The molecule has 2 rings (SSSR count). The quantitative estimate of drug-likeness (QED) is 0.372. The van der Waals surface area contributed by atoms with E-state index < -0.39 is 27.6 Å². The topological polar surface area (TPSA) is 60.2 Å². The zero-order valence-corrected chi connectivity index (χ0v) is 10.9. The number of nitrogens with zero attached hydrogens (tertiary/aromatic N) is 1. The van der Waals surface area contributed by atoms with E-state index in [2.05, 4.69) is 0 Å². The third-order valence-corrected chi connectivity index (χ3v) is 3.19. The van der Waals surface area contributed by atoms with Crippen LogP contribution in [-0.4, -0.2) is 10.7 Å². The highest BCUT2D eigenvalue weighted by Crippen LogP contribution is 2.29. The van der Waals surface area contributed by atoms with Gasteiger partial charge in [0.05, 0.1) is 4.92 Å². The Hall–Kier alpha value is -2.27. The highest BCUT2D eigenvalue weighted by atomic mass is 35.5. The Morgan fingerprint density at radius 3 is 2.45 bits per heavy atom. The Kier molecular flexibility index (Phi) is 4.10. The number of alkyl halides is 1. The minimum absolute atomic E-state index is 0.334. The van der Waals surface area contributed by atoms with Gasteiger partial charge in [-0.3, -0.25) is 14.9 Å². The SMILES string of the molecule is O=C(c1cc(F)ccc1[N+](=O)[O-])C(Cl)c1ccccc1. The van der Waals surface area contributed by atoms with E-state index in [0.717, 1.165) is 18.2 Å². The summed E-state index contributed by atoms with van der Waals surface area (Å²) >= 11 is 6.03. The van der Waals surface area contributed by atoms with Crippen molar-refractivity contribution in [3.8, 4) is 0 Å². The Bertz CT molecular complexity index is 661. The zero-order chi connectivity index (χ0) is 14.7. The third-order valence-electron chi connectivity index (χ3n) is 2.74. The molecule has 2 aromatic rings. The summed E-state index contributed by atoms with van der Waals surface area (Å²) in [6.07, 6.45) is 0. The van der Waals surface area contributed by atoms with Gasteiger partial charge in [-0.2, -0.15) is 0 Å². The summed E-state index contributed by atoms with van der Waals surface area (Å²) in [7, 11) is 0. The largest absolute Gasteiger partial charge is 0.292 e. The number of halogens is 2. The zero-order valence-electron chi connectivity index (χ0n) is 10.1. The monoisotopic (exact) mass is 293 g/mol. The van der Waals surface area contributed by atoms with E-state index in [0.29, 0.717) is 5.56 Å². The van der Waals surface area contributed by atoms with Crippen LogP contribution in [0, 0.1) is 15.9 Å². The average molecular weight is 294 g/mol. The molecule has 0 aliphatic carbocycles. The third kappa shape index (κ3) is 2.83. The molecule has 1 atom stereocenters. The predicted molar refractivity (Wildman–Crippen MR) is 72.4 cm³/mol. The molecule has 2 aromatic carbocycles. The van der Waals surface area contributed by atoms with Crippen molar-refractivity contribution in [3.63, 3.8) is 0 Å². The molecular formula is C14H9ClFNO3. The fourth-order valence-electron chi connectivity index (χ4n) is 1.77. The molecule has 20 heavy (non-hydrogen) atoms. The average Bonchev–Trinajstić information content (AvgIpc) is 2.46. The smallest absolute Gasteiger partial charge is 0.280 e. The summed E-state index contributed by atoms with van der Waals surface area (Å²) < 4.78 is 13.2. The summed E-state index contributed by atoms with van der Waals surface area (Å²) in [5, 5.41) is 9.78. The first-order valence-electron chi connectivity index (χ1n) is 5.68. The van der Waals surface area contributed by atoms with Gasteiger partial charge in [-0.1, -0.05) is 30.3 Å². The lowest BCUT2D eigenvalue weighted by atomic mass is 10.0. The molecule has 102 valence electrons. The van der Waals surface area contributed by atoms with Crippen LogP contribution in [0.2, 0.25) is 0 Å². The number of rotatable bonds is 4. The summed E-state index contributed by atoms with van der Waals surface area (Å²) in [5.41, 5.74) is -0.297. The maximum absolute atomic E-state index is 13.2. The fraction of sp³-hybridized carbons (Fsp3) is 0.0714. The molecule has 0 aromatic heterocycles. The van der Waals surface area contributed by atoms with Crippen LogP contribution in [0.1, 0.15) is 21.3 Å². The van der Waals surface area contributed by atoms with Crippen LogP contribution in [0.3, 0.4) is 0 Å². The first-order chi connectivity index (χ1) is 9.50. The summed E-state index contributed by atoms with van der Waals surface area (Å²) in [4.78, 5) is 22.4.